The van der Waals surface area contributed by atoms with E-state index in [9.17, 15) is 18.0 Å². The molecule has 1 aromatic carbocycles. The van der Waals surface area contributed by atoms with Gasteiger partial charge >= 0.3 is 6.18 Å². The van der Waals surface area contributed by atoms with Crippen LogP contribution in [0.5, 0.6) is 0 Å². The number of benzene rings is 1. The fourth-order valence-electron chi connectivity index (χ4n) is 4.51. The first kappa shape index (κ1) is 20.4. The second kappa shape index (κ2) is 7.89. The van der Waals surface area contributed by atoms with Gasteiger partial charge in [0.25, 0.3) is 5.91 Å². The first-order valence-electron chi connectivity index (χ1n) is 10.3. The molecule has 0 N–H and O–H groups in total. The molecule has 0 spiro atoms. The summed E-state index contributed by atoms with van der Waals surface area (Å²) in [5.74, 6) is 1.33. The minimum Gasteiger partial charge on any atom is -0.340 e. The molecule has 2 saturated heterocycles. The van der Waals surface area contributed by atoms with Gasteiger partial charge in [-0.25, -0.2) is 9.97 Å². The minimum atomic E-state index is -4.41. The van der Waals surface area contributed by atoms with Gasteiger partial charge in [-0.1, -0.05) is 12.1 Å². The summed E-state index contributed by atoms with van der Waals surface area (Å²) in [7, 11) is 0. The number of nitrogens with zero attached hydrogens (tertiary/aromatic N) is 5. The van der Waals surface area contributed by atoms with Gasteiger partial charge in [0.05, 0.1) is 16.8 Å². The molecule has 0 aliphatic carbocycles. The predicted octanol–water partition coefficient (Wildman–Crippen LogP) is 3.77. The second-order valence-electron chi connectivity index (χ2n) is 8.19. The van der Waals surface area contributed by atoms with Crippen molar-refractivity contribution >= 4 is 11.9 Å². The standard InChI is InChI=1S/C23H20F3N5O/c24-23(25,26)19-4-1-3-15(9-19)20-6-5-16(10-29-20)21(32)30-11-17-13-31(14-18(17)12-30)22-27-7-2-8-28-22/h1-10,17-18H,11-14H2. The van der Waals surface area contributed by atoms with Crippen molar-refractivity contribution in [3.8, 4) is 11.3 Å². The summed E-state index contributed by atoms with van der Waals surface area (Å²) in [4.78, 5) is 29.8. The maximum absolute atomic E-state index is 13.0. The number of hydrogen-bond acceptors (Lipinski definition) is 5. The van der Waals surface area contributed by atoms with Crippen LogP contribution in [-0.2, 0) is 6.18 Å². The zero-order valence-corrected chi connectivity index (χ0v) is 17.0. The van der Waals surface area contributed by atoms with Crippen molar-refractivity contribution in [3.05, 3.63) is 72.2 Å². The van der Waals surface area contributed by atoms with Gasteiger partial charge in [-0.15, -0.1) is 0 Å². The van der Waals surface area contributed by atoms with Crippen molar-refractivity contribution in [2.75, 3.05) is 31.1 Å². The molecule has 2 aliphatic heterocycles. The van der Waals surface area contributed by atoms with Crippen molar-refractivity contribution in [2.45, 2.75) is 6.18 Å². The molecule has 0 saturated carbocycles. The maximum atomic E-state index is 13.0. The lowest BCUT2D eigenvalue weighted by molar-refractivity contribution is -0.137. The van der Waals surface area contributed by atoms with Crippen LogP contribution in [0.2, 0.25) is 0 Å². The highest BCUT2D eigenvalue weighted by molar-refractivity contribution is 5.94. The maximum Gasteiger partial charge on any atom is 0.416 e. The highest BCUT2D eigenvalue weighted by Crippen LogP contribution is 2.34. The Kier molecular flexibility index (Phi) is 5.03. The smallest absolute Gasteiger partial charge is 0.340 e. The Balaban J connectivity index is 1.25. The van der Waals surface area contributed by atoms with Crippen molar-refractivity contribution in [1.29, 1.82) is 0 Å². The molecule has 5 rings (SSSR count). The molecule has 4 heterocycles. The summed E-state index contributed by atoms with van der Waals surface area (Å²) in [6.45, 7) is 2.93. The molecular formula is C23H20F3N5O. The zero-order valence-electron chi connectivity index (χ0n) is 17.0. The van der Waals surface area contributed by atoms with Crippen LogP contribution in [0.1, 0.15) is 15.9 Å². The van der Waals surface area contributed by atoms with E-state index in [0.29, 0.717) is 47.7 Å². The lowest BCUT2D eigenvalue weighted by Crippen LogP contribution is -2.33. The van der Waals surface area contributed by atoms with E-state index >= 15 is 0 Å². The first-order chi connectivity index (χ1) is 15.4. The molecule has 6 nitrogen and oxygen atoms in total. The Morgan fingerprint density at radius 3 is 2.25 bits per heavy atom. The Bertz CT molecular complexity index is 1110. The van der Waals surface area contributed by atoms with Crippen LogP contribution in [0.15, 0.2) is 61.1 Å². The van der Waals surface area contributed by atoms with Gasteiger partial charge in [-0.2, -0.15) is 13.2 Å². The number of anilines is 1. The van der Waals surface area contributed by atoms with Crippen molar-refractivity contribution < 1.29 is 18.0 Å². The summed E-state index contributed by atoms with van der Waals surface area (Å²) < 4.78 is 38.9. The molecule has 9 heteroatoms. The molecule has 2 aliphatic rings. The number of carbonyl (C=O) groups is 1. The number of fused-ring (bicyclic) bond motifs is 1. The number of hydrogen-bond donors (Lipinski definition) is 0. The molecule has 3 aromatic rings. The van der Waals surface area contributed by atoms with Crippen molar-refractivity contribution in [1.82, 2.24) is 19.9 Å². The number of amides is 1. The van der Waals surface area contributed by atoms with Crippen LogP contribution in [0.25, 0.3) is 11.3 Å². The average Bonchev–Trinajstić information content (AvgIpc) is 3.38. The summed E-state index contributed by atoms with van der Waals surface area (Å²) in [5, 5.41) is 0. The fourth-order valence-corrected chi connectivity index (χ4v) is 4.51. The highest BCUT2D eigenvalue weighted by atomic mass is 19.4. The molecule has 32 heavy (non-hydrogen) atoms. The molecule has 2 unspecified atom stereocenters. The zero-order chi connectivity index (χ0) is 22.3. The van der Waals surface area contributed by atoms with Gasteiger partial charge in [0.2, 0.25) is 5.95 Å². The van der Waals surface area contributed by atoms with Gasteiger partial charge in [0.15, 0.2) is 0 Å². The average molecular weight is 439 g/mol. The van der Waals surface area contributed by atoms with Gasteiger partial charge in [-0.05, 0) is 30.3 Å². The summed E-state index contributed by atoms with van der Waals surface area (Å²) in [6, 6.07) is 10.0. The molecule has 0 bridgehead atoms. The molecule has 1 amide bonds. The van der Waals surface area contributed by atoms with E-state index < -0.39 is 11.7 Å². The van der Waals surface area contributed by atoms with Crippen LogP contribution in [0, 0.1) is 11.8 Å². The van der Waals surface area contributed by atoms with E-state index in [1.165, 1.54) is 12.3 Å². The second-order valence-corrected chi connectivity index (χ2v) is 8.19. The molecule has 164 valence electrons. The first-order valence-corrected chi connectivity index (χ1v) is 10.3. The predicted molar refractivity (Wildman–Crippen MR) is 112 cm³/mol. The quantitative estimate of drug-likeness (QED) is 0.622. The summed E-state index contributed by atoms with van der Waals surface area (Å²) in [6.07, 6.45) is 0.475. The van der Waals surface area contributed by atoms with Gasteiger partial charge in [0.1, 0.15) is 0 Å². The Labute approximate surface area is 182 Å². The van der Waals surface area contributed by atoms with E-state index in [1.54, 1.807) is 36.7 Å². The third-order valence-corrected chi connectivity index (χ3v) is 6.10. The fraction of sp³-hybridized carbons (Fsp3) is 0.304. The van der Waals surface area contributed by atoms with E-state index in [2.05, 4.69) is 19.9 Å². The molecule has 2 fully saturated rings. The topological polar surface area (TPSA) is 62.2 Å². The number of pyridine rings is 1. The summed E-state index contributed by atoms with van der Waals surface area (Å²) >= 11 is 0. The number of halogens is 3. The van der Waals surface area contributed by atoms with E-state index in [4.69, 9.17) is 0 Å². The number of likely N-dealkylation sites (tertiary alicyclic amines) is 1. The largest absolute Gasteiger partial charge is 0.416 e. The number of carbonyl (C=O) groups excluding carboxylic acids is 1. The molecule has 0 radical (unpaired) electrons. The van der Waals surface area contributed by atoms with Crippen LogP contribution in [0.3, 0.4) is 0 Å². The highest BCUT2D eigenvalue weighted by Gasteiger charge is 2.42. The Hall–Kier alpha value is -3.49. The van der Waals surface area contributed by atoms with E-state index in [0.717, 1.165) is 25.2 Å². The van der Waals surface area contributed by atoms with Crippen molar-refractivity contribution in [3.63, 3.8) is 0 Å². The SMILES string of the molecule is O=C(c1ccc(-c2cccc(C(F)(F)F)c2)nc1)N1CC2CN(c3ncccn3)CC2C1. The third-order valence-electron chi connectivity index (χ3n) is 6.10. The Morgan fingerprint density at radius 1 is 0.906 bits per heavy atom. The number of rotatable bonds is 3. The number of alkyl halides is 3. The van der Waals surface area contributed by atoms with Gasteiger partial charge in [0, 0.05) is 62.2 Å². The van der Waals surface area contributed by atoms with Crippen LogP contribution >= 0.6 is 0 Å². The van der Waals surface area contributed by atoms with Crippen LogP contribution in [-0.4, -0.2) is 51.9 Å². The van der Waals surface area contributed by atoms with Crippen molar-refractivity contribution in [2.24, 2.45) is 11.8 Å². The molecular weight excluding hydrogens is 419 g/mol. The minimum absolute atomic E-state index is 0.106. The molecule has 2 atom stereocenters. The van der Waals surface area contributed by atoms with E-state index in [-0.39, 0.29) is 5.91 Å². The Morgan fingerprint density at radius 2 is 1.62 bits per heavy atom. The van der Waals surface area contributed by atoms with Crippen LogP contribution < -0.4 is 4.90 Å². The third kappa shape index (κ3) is 3.90. The normalized spacial score (nSPS) is 20.5. The lowest BCUT2D eigenvalue weighted by Gasteiger charge is -2.21. The molecule has 2 aromatic heterocycles. The lowest BCUT2D eigenvalue weighted by atomic mass is 10.0. The van der Waals surface area contributed by atoms with Gasteiger partial charge < -0.3 is 9.80 Å². The summed E-state index contributed by atoms with van der Waals surface area (Å²) in [5.41, 5.74) is 0.460. The van der Waals surface area contributed by atoms with E-state index in [1.807, 2.05) is 4.90 Å². The monoisotopic (exact) mass is 439 g/mol. The van der Waals surface area contributed by atoms with Gasteiger partial charge in [-0.3, -0.25) is 9.78 Å². The number of aromatic nitrogens is 3. The van der Waals surface area contributed by atoms with Crippen LogP contribution in [0.4, 0.5) is 19.1 Å².